The highest BCUT2D eigenvalue weighted by atomic mass is 16.6. The van der Waals surface area contributed by atoms with Crippen molar-refractivity contribution in [3.63, 3.8) is 0 Å². The van der Waals surface area contributed by atoms with Crippen LogP contribution in [0.25, 0.3) is 11.0 Å². The van der Waals surface area contributed by atoms with Crippen LogP contribution < -0.4 is 10.5 Å². The molecule has 9 heteroatoms. The second-order valence-electron chi connectivity index (χ2n) is 9.09. The summed E-state index contributed by atoms with van der Waals surface area (Å²) in [6.45, 7) is 4.74. The summed E-state index contributed by atoms with van der Waals surface area (Å²) in [7, 11) is 5.57. The monoisotopic (exact) mass is 497 g/mol. The quantitative estimate of drug-likeness (QED) is 0.249. The summed E-state index contributed by atoms with van der Waals surface area (Å²) >= 11 is 0. The molecule has 0 spiro atoms. The van der Waals surface area contributed by atoms with E-state index < -0.39 is 5.97 Å². The zero-order valence-corrected chi connectivity index (χ0v) is 22.0. The lowest BCUT2D eigenvalue weighted by Crippen LogP contribution is -2.19. The van der Waals surface area contributed by atoms with Gasteiger partial charge in [-0.25, -0.2) is 14.8 Å². The number of carbonyl (C=O) groups excluding carboxylic acids is 1. The van der Waals surface area contributed by atoms with E-state index in [1.54, 1.807) is 19.2 Å². The third kappa shape index (κ3) is 7.66. The number of nitrogens with zero attached hydrogens (tertiary/aromatic N) is 4. The molecule has 0 aliphatic rings. The van der Waals surface area contributed by atoms with Crippen LogP contribution in [-0.4, -0.2) is 73.0 Å². The Morgan fingerprint density at radius 1 is 1.08 bits per heavy atom. The van der Waals surface area contributed by atoms with Gasteiger partial charge in [0.2, 0.25) is 5.95 Å². The molecular weight excluding hydrogens is 458 g/mol. The van der Waals surface area contributed by atoms with Gasteiger partial charge >= 0.3 is 5.97 Å². The largest absolute Gasteiger partial charge is 0.496 e. The number of aryl methyl sites for hydroxylation is 1. The van der Waals surface area contributed by atoms with E-state index in [1.807, 2.05) is 37.3 Å². The first-order chi connectivity index (χ1) is 17.4. The third-order valence-electron chi connectivity index (χ3n) is 5.97. The molecule has 2 heterocycles. The van der Waals surface area contributed by atoms with E-state index in [9.17, 15) is 4.79 Å². The Bertz CT molecular complexity index is 1130. The number of carbonyl (C=O) groups is 1. The molecule has 0 bridgehead atoms. The predicted molar refractivity (Wildman–Crippen MR) is 142 cm³/mol. The Hall–Kier alpha value is -3.17. The summed E-state index contributed by atoms with van der Waals surface area (Å²) in [5, 5.41) is 0. The first-order valence-electron chi connectivity index (χ1n) is 12.6. The zero-order valence-electron chi connectivity index (χ0n) is 22.0. The summed E-state index contributed by atoms with van der Waals surface area (Å²) in [4.78, 5) is 23.5. The zero-order chi connectivity index (χ0) is 25.9. The van der Waals surface area contributed by atoms with Crippen LogP contribution in [0.1, 0.15) is 54.2 Å². The van der Waals surface area contributed by atoms with Crippen LogP contribution in [-0.2, 0) is 22.4 Å². The van der Waals surface area contributed by atoms with E-state index in [2.05, 4.69) is 21.5 Å². The number of anilines is 1. The minimum Gasteiger partial charge on any atom is -0.496 e. The van der Waals surface area contributed by atoms with Crippen LogP contribution in [0.5, 0.6) is 5.75 Å². The molecule has 0 saturated heterocycles. The van der Waals surface area contributed by atoms with Crippen molar-refractivity contribution < 1.29 is 19.0 Å². The number of benzene rings is 1. The number of nitrogen functional groups attached to an aromatic ring is 1. The highest BCUT2D eigenvalue weighted by Gasteiger charge is 2.15. The maximum atomic E-state index is 12.5. The van der Waals surface area contributed by atoms with E-state index in [-0.39, 0.29) is 6.61 Å². The molecule has 1 aromatic carbocycles. The fourth-order valence-electron chi connectivity index (χ4n) is 4.04. The predicted octanol–water partition coefficient (Wildman–Crippen LogP) is 3.93. The lowest BCUT2D eigenvalue weighted by molar-refractivity contribution is 0.0298. The smallest absolute Gasteiger partial charge is 0.338 e. The molecule has 0 unspecified atom stereocenters. The van der Waals surface area contributed by atoms with Crippen LogP contribution in [0.15, 0.2) is 30.5 Å². The summed E-state index contributed by atoms with van der Waals surface area (Å²) < 4.78 is 18.6. The number of ether oxygens (including phenoxy) is 3. The summed E-state index contributed by atoms with van der Waals surface area (Å²) in [5.41, 5.74) is 10.1. The Morgan fingerprint density at radius 2 is 1.92 bits per heavy atom. The van der Waals surface area contributed by atoms with Crippen LogP contribution in [0.4, 0.5) is 5.95 Å². The van der Waals surface area contributed by atoms with Crippen molar-refractivity contribution in [3.8, 4) is 5.75 Å². The lowest BCUT2D eigenvalue weighted by atomic mass is 10.1. The number of nitrogens with two attached hydrogens (primary N) is 1. The maximum Gasteiger partial charge on any atom is 0.338 e. The number of hydrogen-bond donors (Lipinski definition) is 1. The molecule has 0 saturated carbocycles. The van der Waals surface area contributed by atoms with E-state index >= 15 is 0 Å². The van der Waals surface area contributed by atoms with Gasteiger partial charge in [0.05, 0.1) is 49.2 Å². The van der Waals surface area contributed by atoms with Gasteiger partial charge in [-0.1, -0.05) is 32.3 Å². The SMILES string of the molecule is CCCCCCc1nc(N)nc2ccn(Cc3ccc(C(=O)OCCOCCN(C)C)cc3OC)c12. The van der Waals surface area contributed by atoms with E-state index in [0.29, 0.717) is 37.0 Å². The van der Waals surface area contributed by atoms with Crippen molar-refractivity contribution in [2.45, 2.75) is 45.6 Å². The van der Waals surface area contributed by atoms with Crippen LogP contribution in [0, 0.1) is 0 Å². The first kappa shape index (κ1) is 27.4. The van der Waals surface area contributed by atoms with E-state index in [0.717, 1.165) is 48.1 Å². The van der Waals surface area contributed by atoms with Gasteiger partial charge in [-0.3, -0.25) is 0 Å². The van der Waals surface area contributed by atoms with Crippen molar-refractivity contribution in [1.29, 1.82) is 0 Å². The van der Waals surface area contributed by atoms with Crippen molar-refractivity contribution in [3.05, 3.63) is 47.3 Å². The van der Waals surface area contributed by atoms with Gasteiger partial charge in [-0.05, 0) is 45.1 Å². The minimum absolute atomic E-state index is 0.204. The number of rotatable bonds is 15. The molecule has 0 atom stereocenters. The number of methoxy groups -OCH3 is 1. The fourth-order valence-corrected chi connectivity index (χ4v) is 4.04. The second-order valence-corrected chi connectivity index (χ2v) is 9.09. The molecule has 0 aliphatic heterocycles. The number of unbranched alkanes of at least 4 members (excludes halogenated alkanes) is 3. The highest BCUT2D eigenvalue weighted by Crippen LogP contribution is 2.26. The highest BCUT2D eigenvalue weighted by molar-refractivity contribution is 5.90. The van der Waals surface area contributed by atoms with Gasteiger partial charge in [0.1, 0.15) is 12.4 Å². The van der Waals surface area contributed by atoms with Crippen LogP contribution >= 0.6 is 0 Å². The number of aromatic nitrogens is 3. The van der Waals surface area contributed by atoms with Crippen molar-refractivity contribution in [2.24, 2.45) is 0 Å². The van der Waals surface area contributed by atoms with Crippen LogP contribution in [0.2, 0.25) is 0 Å². The molecule has 0 radical (unpaired) electrons. The Labute approximate surface area is 213 Å². The first-order valence-corrected chi connectivity index (χ1v) is 12.6. The number of likely N-dealkylation sites (N-methyl/N-ethyl adjacent to an activating group) is 1. The molecular formula is C27H39N5O4. The van der Waals surface area contributed by atoms with Crippen molar-refractivity contribution in [2.75, 3.05) is 53.3 Å². The van der Waals surface area contributed by atoms with Crippen LogP contribution in [0.3, 0.4) is 0 Å². The Balaban J connectivity index is 1.69. The van der Waals surface area contributed by atoms with Gasteiger partial charge in [-0.15, -0.1) is 0 Å². The van der Waals surface area contributed by atoms with Gasteiger partial charge < -0.3 is 29.4 Å². The molecule has 0 aliphatic carbocycles. The molecule has 3 aromatic rings. The van der Waals surface area contributed by atoms with E-state index in [4.69, 9.17) is 19.9 Å². The Morgan fingerprint density at radius 3 is 2.67 bits per heavy atom. The van der Waals surface area contributed by atoms with Gasteiger partial charge in [0, 0.05) is 18.3 Å². The van der Waals surface area contributed by atoms with Gasteiger partial charge in [-0.2, -0.15) is 0 Å². The van der Waals surface area contributed by atoms with Gasteiger partial charge in [0.25, 0.3) is 0 Å². The normalized spacial score (nSPS) is 11.4. The lowest BCUT2D eigenvalue weighted by Gasteiger charge is -2.14. The average Bonchev–Trinajstić information content (AvgIpc) is 3.26. The molecule has 3 rings (SSSR count). The summed E-state index contributed by atoms with van der Waals surface area (Å²) in [6, 6.07) is 7.34. The summed E-state index contributed by atoms with van der Waals surface area (Å²) in [5.74, 6) is 0.518. The molecule has 2 aromatic heterocycles. The molecule has 2 N–H and O–H groups in total. The number of hydrogen-bond acceptors (Lipinski definition) is 8. The fraction of sp³-hybridized carbons (Fsp3) is 0.519. The third-order valence-corrected chi connectivity index (χ3v) is 5.97. The number of fused-ring (bicyclic) bond motifs is 1. The molecule has 9 nitrogen and oxygen atoms in total. The maximum absolute atomic E-state index is 12.5. The standard InChI is InChI=1S/C27H39N5O4/c1-5-6-7-8-9-22-25-23(30-27(28)29-22)12-13-32(25)19-21-11-10-20(18-24(21)34-4)26(33)36-17-16-35-15-14-31(2)3/h10-13,18H,5-9,14-17,19H2,1-4H3,(H2,28,29,30). The molecule has 0 amide bonds. The molecule has 36 heavy (non-hydrogen) atoms. The van der Waals surface area contributed by atoms with Crippen molar-refractivity contribution in [1.82, 2.24) is 19.4 Å². The number of esters is 1. The average molecular weight is 498 g/mol. The molecule has 0 fully saturated rings. The second kappa shape index (κ2) is 13.8. The van der Waals surface area contributed by atoms with Crippen molar-refractivity contribution >= 4 is 23.0 Å². The van der Waals surface area contributed by atoms with E-state index in [1.165, 1.54) is 12.8 Å². The topological polar surface area (TPSA) is 105 Å². The van der Waals surface area contributed by atoms with Gasteiger partial charge in [0.15, 0.2) is 0 Å². The molecule has 196 valence electrons. The minimum atomic E-state index is -0.402. The summed E-state index contributed by atoms with van der Waals surface area (Å²) in [6.07, 6.45) is 7.47. The Kier molecular flexibility index (Phi) is 10.5.